The van der Waals surface area contributed by atoms with Gasteiger partial charge in [0.25, 0.3) is 0 Å². The molecule has 0 aliphatic carbocycles. The Morgan fingerprint density at radius 2 is 1.58 bits per heavy atom. The maximum Gasteiger partial charge on any atom is 0.416 e. The normalized spacial score (nSPS) is 12.3. The number of nitrogens with one attached hydrogen (secondary N) is 1. The second kappa shape index (κ2) is 17.0. The summed E-state index contributed by atoms with van der Waals surface area (Å²) < 4.78 is 44.1. The van der Waals surface area contributed by atoms with E-state index in [9.17, 15) is 22.8 Å². The number of carboxylic acid groups (broad SMARTS) is 2. The Morgan fingerprint density at radius 3 is 2.26 bits per heavy atom. The first-order valence-corrected chi connectivity index (χ1v) is 14.5. The average Bonchev–Trinajstić information content (AvgIpc) is 2.98. The van der Waals surface area contributed by atoms with E-state index in [0.29, 0.717) is 31.7 Å². The van der Waals surface area contributed by atoms with Crippen LogP contribution in [0.4, 0.5) is 18.9 Å². The van der Waals surface area contributed by atoms with Crippen molar-refractivity contribution in [1.29, 1.82) is 0 Å². The molecule has 0 saturated carbocycles. The smallest absolute Gasteiger partial charge is 0.416 e. The first-order valence-electron chi connectivity index (χ1n) is 14.5. The van der Waals surface area contributed by atoms with Gasteiger partial charge in [-0.05, 0) is 92.5 Å². The van der Waals surface area contributed by atoms with Gasteiger partial charge < -0.3 is 20.3 Å². The van der Waals surface area contributed by atoms with Crippen molar-refractivity contribution in [2.45, 2.75) is 57.5 Å². The largest absolute Gasteiger partial charge is 0.493 e. The zero-order valence-electron chi connectivity index (χ0n) is 24.0. The van der Waals surface area contributed by atoms with Crippen LogP contribution in [0.25, 0.3) is 6.08 Å². The summed E-state index contributed by atoms with van der Waals surface area (Å²) in [5, 5.41) is 21.3. The highest BCUT2D eigenvalue weighted by Crippen LogP contribution is 2.30. The van der Waals surface area contributed by atoms with Gasteiger partial charge >= 0.3 is 18.1 Å². The molecule has 0 aliphatic heterocycles. The number of rotatable bonds is 18. The van der Waals surface area contributed by atoms with Gasteiger partial charge in [-0.2, -0.15) is 13.2 Å². The van der Waals surface area contributed by atoms with E-state index in [1.807, 2.05) is 42.5 Å². The third-order valence-corrected chi connectivity index (χ3v) is 7.00. The number of anilines is 1. The Hall–Kier alpha value is -4.27. The number of benzene rings is 3. The van der Waals surface area contributed by atoms with E-state index < -0.39 is 23.7 Å². The molecule has 9 heteroatoms. The molecule has 6 nitrogen and oxygen atoms in total. The first-order chi connectivity index (χ1) is 20.6. The molecule has 0 spiro atoms. The third kappa shape index (κ3) is 12.2. The van der Waals surface area contributed by atoms with E-state index >= 15 is 0 Å². The fraction of sp³-hybridized carbons (Fsp3) is 0.353. The van der Waals surface area contributed by atoms with Gasteiger partial charge in [0.05, 0.1) is 17.7 Å². The molecule has 0 bridgehead atoms. The van der Waals surface area contributed by atoms with Crippen LogP contribution in [-0.4, -0.2) is 35.3 Å². The van der Waals surface area contributed by atoms with Crippen LogP contribution in [0.5, 0.6) is 5.75 Å². The quantitative estimate of drug-likeness (QED) is 0.127. The number of unbranched alkanes of at least 4 members (excludes halogenated alkanes) is 3. The predicted octanol–water partition coefficient (Wildman–Crippen LogP) is 8.58. The lowest BCUT2D eigenvalue weighted by molar-refractivity contribution is -0.138. The molecule has 0 fully saturated rings. The molecule has 230 valence electrons. The van der Waals surface area contributed by atoms with Gasteiger partial charge in [-0.15, -0.1) is 0 Å². The van der Waals surface area contributed by atoms with Crippen molar-refractivity contribution in [3.8, 4) is 5.75 Å². The molecule has 1 unspecified atom stereocenters. The van der Waals surface area contributed by atoms with E-state index in [2.05, 4.69) is 11.4 Å². The van der Waals surface area contributed by atoms with Gasteiger partial charge in [0.15, 0.2) is 0 Å². The van der Waals surface area contributed by atoms with Gasteiger partial charge in [-0.25, -0.2) is 4.79 Å². The molecule has 0 aliphatic rings. The SMILES string of the molecule is O=C(O)CCCCC(/C=C/c1ccccc1OCCCCCNc1ccc(C(F)(F)F)cc1)Cc1ccc(C(=O)O)cc1. The summed E-state index contributed by atoms with van der Waals surface area (Å²) in [5.74, 6) is -0.882. The summed E-state index contributed by atoms with van der Waals surface area (Å²) >= 11 is 0. The number of halogens is 3. The van der Waals surface area contributed by atoms with E-state index in [-0.39, 0.29) is 17.9 Å². The Labute approximate surface area is 250 Å². The van der Waals surface area contributed by atoms with E-state index in [0.717, 1.165) is 61.1 Å². The van der Waals surface area contributed by atoms with Crippen molar-refractivity contribution in [3.63, 3.8) is 0 Å². The molecule has 3 N–H and O–H groups in total. The first kappa shape index (κ1) is 33.2. The predicted molar refractivity (Wildman–Crippen MR) is 161 cm³/mol. The molecule has 0 aromatic heterocycles. The molecule has 3 rings (SSSR count). The number of hydrogen-bond acceptors (Lipinski definition) is 4. The lowest BCUT2D eigenvalue weighted by Crippen LogP contribution is -2.06. The number of hydrogen-bond donors (Lipinski definition) is 3. The average molecular weight is 598 g/mol. The van der Waals surface area contributed by atoms with E-state index in [1.54, 1.807) is 12.1 Å². The highest BCUT2D eigenvalue weighted by molar-refractivity contribution is 5.87. The standard InChI is InChI=1S/C34H38F3NO5/c35-34(36,37)29-18-20-30(21-19-29)38-22-6-1-7-23-43-31-10-4-3-9-27(31)15-12-25(8-2-5-11-32(39)40)24-26-13-16-28(17-14-26)33(41)42/h3-4,9-10,12-21,25,38H,1-2,5-8,11,22-24H2,(H,39,40)(H,41,42)/b15-12+. The van der Waals surface area contributed by atoms with Crippen LogP contribution in [0.15, 0.2) is 78.9 Å². The van der Waals surface area contributed by atoms with Crippen molar-refractivity contribution >= 4 is 23.7 Å². The highest BCUT2D eigenvalue weighted by Gasteiger charge is 2.29. The third-order valence-electron chi connectivity index (χ3n) is 7.00. The number of allylic oxidation sites excluding steroid dienone is 1. The molecule has 1 atom stereocenters. The van der Waals surface area contributed by atoms with Gasteiger partial charge in [0.1, 0.15) is 5.75 Å². The molecule has 3 aromatic carbocycles. The number of aliphatic carboxylic acids is 1. The summed E-state index contributed by atoms with van der Waals surface area (Å²) in [4.78, 5) is 22.1. The molecule has 0 heterocycles. The Bertz CT molecular complexity index is 1320. The summed E-state index contributed by atoms with van der Waals surface area (Å²) in [6, 6.07) is 19.6. The van der Waals surface area contributed by atoms with Gasteiger partial charge in [0.2, 0.25) is 0 Å². The zero-order valence-corrected chi connectivity index (χ0v) is 24.0. The molecular weight excluding hydrogens is 559 g/mol. The Morgan fingerprint density at radius 1 is 0.860 bits per heavy atom. The Balaban J connectivity index is 1.49. The zero-order chi connectivity index (χ0) is 31.1. The summed E-state index contributed by atoms with van der Waals surface area (Å²) in [6.07, 6.45) is 5.36. The van der Waals surface area contributed by atoms with Crippen molar-refractivity contribution in [2.24, 2.45) is 5.92 Å². The molecule has 0 amide bonds. The van der Waals surface area contributed by atoms with Crippen LogP contribution >= 0.6 is 0 Å². The van der Waals surface area contributed by atoms with Crippen LogP contribution < -0.4 is 10.1 Å². The molecule has 3 aromatic rings. The van der Waals surface area contributed by atoms with Crippen molar-refractivity contribution in [1.82, 2.24) is 0 Å². The summed E-state index contributed by atoms with van der Waals surface area (Å²) in [7, 11) is 0. The lowest BCUT2D eigenvalue weighted by Gasteiger charge is -2.14. The van der Waals surface area contributed by atoms with Gasteiger partial charge in [-0.1, -0.05) is 48.9 Å². The van der Waals surface area contributed by atoms with Crippen molar-refractivity contribution in [3.05, 3.63) is 101 Å². The van der Waals surface area contributed by atoms with Gasteiger partial charge in [-0.3, -0.25) is 4.79 Å². The van der Waals surface area contributed by atoms with Gasteiger partial charge in [0, 0.05) is 24.2 Å². The van der Waals surface area contributed by atoms with E-state index in [1.165, 1.54) is 12.1 Å². The number of ether oxygens (including phenoxy) is 1. The van der Waals surface area contributed by atoms with Crippen LogP contribution in [0.2, 0.25) is 0 Å². The maximum absolute atomic E-state index is 12.7. The number of alkyl halides is 3. The molecule has 0 radical (unpaired) electrons. The molecule has 0 saturated heterocycles. The second-order valence-electron chi connectivity index (χ2n) is 10.4. The van der Waals surface area contributed by atoms with E-state index in [4.69, 9.17) is 14.9 Å². The minimum atomic E-state index is -4.34. The fourth-order valence-corrected chi connectivity index (χ4v) is 4.62. The number of carboxylic acids is 2. The van der Waals surface area contributed by atoms with Crippen molar-refractivity contribution < 1.29 is 37.7 Å². The van der Waals surface area contributed by atoms with Crippen molar-refractivity contribution in [2.75, 3.05) is 18.5 Å². The number of para-hydroxylation sites is 1. The fourth-order valence-electron chi connectivity index (χ4n) is 4.62. The topological polar surface area (TPSA) is 95.9 Å². The summed E-state index contributed by atoms with van der Waals surface area (Å²) in [6.45, 7) is 1.18. The minimum absolute atomic E-state index is 0.130. The maximum atomic E-state index is 12.7. The van der Waals surface area contributed by atoms with Crippen LogP contribution in [-0.2, 0) is 17.4 Å². The monoisotopic (exact) mass is 597 g/mol. The lowest BCUT2D eigenvalue weighted by atomic mass is 9.92. The van der Waals surface area contributed by atoms with Crippen LogP contribution in [0.3, 0.4) is 0 Å². The summed E-state index contributed by atoms with van der Waals surface area (Å²) in [5.41, 5.74) is 2.17. The minimum Gasteiger partial charge on any atom is -0.493 e. The molecule has 43 heavy (non-hydrogen) atoms. The number of carbonyl (C=O) groups is 2. The number of aromatic carboxylic acids is 1. The Kier molecular flexibility index (Phi) is 13.1. The van der Waals surface area contributed by atoms with Crippen LogP contribution in [0.1, 0.15) is 72.0 Å². The highest BCUT2D eigenvalue weighted by atomic mass is 19.4. The van der Waals surface area contributed by atoms with Crippen LogP contribution in [0, 0.1) is 5.92 Å². The second-order valence-corrected chi connectivity index (χ2v) is 10.4. The molecular formula is C34H38F3NO5.